The van der Waals surface area contributed by atoms with Crippen molar-refractivity contribution in [1.82, 2.24) is 10.3 Å². The highest BCUT2D eigenvalue weighted by molar-refractivity contribution is 6.29. The van der Waals surface area contributed by atoms with Crippen molar-refractivity contribution < 1.29 is 9.53 Å². The molecule has 4 nitrogen and oxygen atoms in total. The Bertz CT molecular complexity index is 484. The van der Waals surface area contributed by atoms with Gasteiger partial charge in [-0.15, -0.1) is 0 Å². The summed E-state index contributed by atoms with van der Waals surface area (Å²) < 4.78 is 5.16. The van der Waals surface area contributed by atoms with Gasteiger partial charge in [-0.1, -0.05) is 32.4 Å². The van der Waals surface area contributed by atoms with Crippen molar-refractivity contribution in [2.45, 2.75) is 26.7 Å². The number of ether oxygens (including phenoxy) is 1. The average Bonchev–Trinajstić information content (AvgIpc) is 2.32. The van der Waals surface area contributed by atoms with E-state index >= 15 is 0 Å². The van der Waals surface area contributed by atoms with Gasteiger partial charge in [0.2, 0.25) is 0 Å². The van der Waals surface area contributed by atoms with Crippen LogP contribution in [0.5, 0.6) is 0 Å². The van der Waals surface area contributed by atoms with E-state index in [1.807, 2.05) is 13.8 Å². The van der Waals surface area contributed by atoms with Crippen molar-refractivity contribution in [2.24, 2.45) is 5.41 Å². The van der Waals surface area contributed by atoms with Crippen molar-refractivity contribution in [3.05, 3.63) is 28.5 Å². The second-order valence-corrected chi connectivity index (χ2v) is 6.13. The van der Waals surface area contributed by atoms with Gasteiger partial charge in [0.25, 0.3) is 5.91 Å². The van der Waals surface area contributed by atoms with E-state index in [-0.39, 0.29) is 17.2 Å². The summed E-state index contributed by atoms with van der Waals surface area (Å²) in [5, 5.41) is 3.29. The normalized spacial score (nSPS) is 17.1. The van der Waals surface area contributed by atoms with Crippen molar-refractivity contribution in [1.29, 1.82) is 0 Å². The number of hydrogen-bond donors (Lipinski definition) is 1. The Balaban J connectivity index is 2.06. The molecule has 0 bridgehead atoms. The van der Waals surface area contributed by atoms with Crippen LogP contribution in [0.3, 0.4) is 0 Å². The molecule has 0 spiro atoms. The van der Waals surface area contributed by atoms with E-state index in [1.165, 1.54) is 0 Å². The molecule has 0 aromatic carbocycles. The van der Waals surface area contributed by atoms with Crippen LogP contribution in [0.4, 0.5) is 0 Å². The maximum atomic E-state index is 12.1. The van der Waals surface area contributed by atoms with Gasteiger partial charge in [-0.25, -0.2) is 4.98 Å². The molecular formula is C14H19ClN2O2. The number of nitrogens with one attached hydrogen (secondary N) is 1. The monoisotopic (exact) mass is 282 g/mol. The fraction of sp³-hybridized carbons (Fsp3) is 0.571. The summed E-state index contributed by atoms with van der Waals surface area (Å²) in [7, 11) is 0. The number of hydrogen-bond acceptors (Lipinski definition) is 3. The Morgan fingerprint density at radius 3 is 2.74 bits per heavy atom. The van der Waals surface area contributed by atoms with Crippen molar-refractivity contribution in [3.63, 3.8) is 0 Å². The highest BCUT2D eigenvalue weighted by Crippen LogP contribution is 2.25. The van der Waals surface area contributed by atoms with Gasteiger partial charge in [-0.2, -0.15) is 0 Å². The molecule has 0 radical (unpaired) electrons. The van der Waals surface area contributed by atoms with Gasteiger partial charge in [0.15, 0.2) is 0 Å². The molecule has 0 aliphatic carbocycles. The predicted octanol–water partition coefficient (Wildman–Crippen LogP) is 2.62. The van der Waals surface area contributed by atoms with Crippen LogP contribution in [0, 0.1) is 5.41 Å². The van der Waals surface area contributed by atoms with Crippen LogP contribution in [0.25, 0.3) is 0 Å². The zero-order chi connectivity index (χ0) is 14.0. The van der Waals surface area contributed by atoms with Gasteiger partial charge >= 0.3 is 0 Å². The third-order valence-electron chi connectivity index (χ3n) is 3.24. The van der Waals surface area contributed by atoms with E-state index in [0.717, 1.165) is 5.69 Å². The first-order chi connectivity index (χ1) is 8.89. The highest BCUT2D eigenvalue weighted by Gasteiger charge is 2.33. The van der Waals surface area contributed by atoms with Crippen LogP contribution in [0.2, 0.25) is 5.15 Å². The maximum absolute atomic E-state index is 12.1. The first-order valence-electron chi connectivity index (χ1n) is 6.43. The molecule has 104 valence electrons. The summed E-state index contributed by atoms with van der Waals surface area (Å²) in [6.07, 6.45) is 0. The van der Waals surface area contributed by atoms with Crippen LogP contribution in [0.1, 0.15) is 42.7 Å². The topological polar surface area (TPSA) is 51.2 Å². The summed E-state index contributed by atoms with van der Waals surface area (Å²) in [6, 6.07) is 3.40. The number of aromatic nitrogens is 1. The minimum atomic E-state index is -0.112. The second kappa shape index (κ2) is 5.47. The third-order valence-corrected chi connectivity index (χ3v) is 3.44. The maximum Gasteiger partial charge on any atom is 0.251 e. The van der Waals surface area contributed by atoms with E-state index in [0.29, 0.717) is 30.5 Å². The SMILES string of the molecule is CC(C)c1cc(C(=O)NCC2(C)COC2)cc(Cl)n1. The van der Waals surface area contributed by atoms with E-state index < -0.39 is 0 Å². The van der Waals surface area contributed by atoms with Gasteiger partial charge in [0, 0.05) is 23.2 Å². The molecule has 0 unspecified atom stereocenters. The first kappa shape index (κ1) is 14.3. The molecule has 2 heterocycles. The predicted molar refractivity (Wildman–Crippen MR) is 74.6 cm³/mol. The molecule has 5 heteroatoms. The van der Waals surface area contributed by atoms with Gasteiger partial charge in [0.05, 0.1) is 13.2 Å². The highest BCUT2D eigenvalue weighted by atomic mass is 35.5. The number of rotatable bonds is 4. The van der Waals surface area contributed by atoms with Gasteiger partial charge in [0.1, 0.15) is 5.15 Å². The lowest BCUT2D eigenvalue weighted by Crippen LogP contribution is -2.48. The lowest BCUT2D eigenvalue weighted by molar-refractivity contribution is -0.0978. The summed E-state index contributed by atoms with van der Waals surface area (Å²) in [5.41, 5.74) is 1.45. The molecule has 1 aromatic heterocycles. The summed E-state index contributed by atoms with van der Waals surface area (Å²) in [6.45, 7) is 8.14. The molecule has 0 saturated carbocycles. The molecule has 2 rings (SSSR count). The Labute approximate surface area is 118 Å². The van der Waals surface area contributed by atoms with E-state index in [4.69, 9.17) is 16.3 Å². The smallest absolute Gasteiger partial charge is 0.251 e. The van der Waals surface area contributed by atoms with Crippen LogP contribution < -0.4 is 5.32 Å². The Hall–Kier alpha value is -1.13. The minimum Gasteiger partial charge on any atom is -0.380 e. The van der Waals surface area contributed by atoms with Gasteiger partial charge in [-0.05, 0) is 18.1 Å². The molecule has 1 amide bonds. The van der Waals surface area contributed by atoms with Crippen LogP contribution in [-0.4, -0.2) is 30.6 Å². The summed E-state index contributed by atoms with van der Waals surface area (Å²) in [4.78, 5) is 16.3. The Kier molecular flexibility index (Phi) is 4.11. The zero-order valence-electron chi connectivity index (χ0n) is 11.5. The molecular weight excluding hydrogens is 264 g/mol. The van der Waals surface area contributed by atoms with E-state index in [9.17, 15) is 4.79 Å². The molecule has 1 fully saturated rings. The number of carbonyl (C=O) groups excluding carboxylic acids is 1. The largest absolute Gasteiger partial charge is 0.380 e. The fourth-order valence-corrected chi connectivity index (χ4v) is 2.11. The molecule has 1 aliphatic rings. The van der Waals surface area contributed by atoms with Crippen LogP contribution in [-0.2, 0) is 4.74 Å². The standard InChI is InChI=1S/C14H19ClN2O2/c1-9(2)11-4-10(5-12(15)17-11)13(18)16-6-14(3)7-19-8-14/h4-5,9H,6-8H2,1-3H3,(H,16,18). The number of pyridine rings is 1. The summed E-state index contributed by atoms with van der Waals surface area (Å²) in [5.74, 6) is 0.127. The number of amides is 1. The minimum absolute atomic E-state index is 0.0629. The quantitative estimate of drug-likeness (QED) is 0.864. The molecule has 1 aromatic rings. The second-order valence-electron chi connectivity index (χ2n) is 5.74. The molecule has 1 N–H and O–H groups in total. The fourth-order valence-electron chi connectivity index (χ4n) is 1.89. The first-order valence-corrected chi connectivity index (χ1v) is 6.81. The summed E-state index contributed by atoms with van der Waals surface area (Å²) >= 11 is 5.96. The van der Waals surface area contributed by atoms with E-state index in [2.05, 4.69) is 17.2 Å². The average molecular weight is 283 g/mol. The van der Waals surface area contributed by atoms with Crippen molar-refractivity contribution in [3.8, 4) is 0 Å². The molecule has 19 heavy (non-hydrogen) atoms. The molecule has 1 saturated heterocycles. The number of carbonyl (C=O) groups is 1. The lowest BCUT2D eigenvalue weighted by Gasteiger charge is -2.38. The van der Waals surface area contributed by atoms with Gasteiger partial charge < -0.3 is 10.1 Å². The third kappa shape index (κ3) is 3.45. The Morgan fingerprint density at radius 1 is 1.53 bits per heavy atom. The van der Waals surface area contributed by atoms with Crippen LogP contribution in [0.15, 0.2) is 12.1 Å². The number of nitrogens with zero attached hydrogens (tertiary/aromatic N) is 1. The molecule has 0 atom stereocenters. The van der Waals surface area contributed by atoms with Gasteiger partial charge in [-0.3, -0.25) is 4.79 Å². The van der Waals surface area contributed by atoms with Crippen molar-refractivity contribution in [2.75, 3.05) is 19.8 Å². The van der Waals surface area contributed by atoms with E-state index in [1.54, 1.807) is 12.1 Å². The molecule has 1 aliphatic heterocycles. The van der Waals surface area contributed by atoms with Crippen molar-refractivity contribution >= 4 is 17.5 Å². The Morgan fingerprint density at radius 2 is 2.21 bits per heavy atom. The number of halogens is 1. The lowest BCUT2D eigenvalue weighted by atomic mass is 9.88. The zero-order valence-corrected chi connectivity index (χ0v) is 12.3. The van der Waals surface area contributed by atoms with Crippen LogP contribution >= 0.6 is 11.6 Å².